The lowest BCUT2D eigenvalue weighted by molar-refractivity contribution is -0.137. The van der Waals surface area contributed by atoms with Gasteiger partial charge >= 0.3 is 6.18 Å². The highest BCUT2D eigenvalue weighted by atomic mass is 35.5. The van der Waals surface area contributed by atoms with E-state index in [9.17, 15) is 18.0 Å². The second-order valence-electron chi connectivity index (χ2n) is 4.40. The van der Waals surface area contributed by atoms with Crippen LogP contribution in [0.1, 0.15) is 21.5 Å². The van der Waals surface area contributed by atoms with E-state index >= 15 is 0 Å². The van der Waals surface area contributed by atoms with Crippen molar-refractivity contribution in [2.24, 2.45) is 0 Å². The Labute approximate surface area is 134 Å². The van der Waals surface area contributed by atoms with Gasteiger partial charge in [0.05, 0.1) is 10.6 Å². The molecule has 0 spiro atoms. The van der Waals surface area contributed by atoms with Gasteiger partial charge in [-0.2, -0.15) is 13.2 Å². The molecule has 0 unspecified atom stereocenters. The molecule has 0 saturated carbocycles. The third-order valence-corrected chi connectivity index (χ3v) is 3.35. The molecule has 0 N–H and O–H groups in total. The average molecular weight is 349 g/mol. The Hall–Kier alpha value is -1.72. The molecule has 0 bridgehead atoms. The van der Waals surface area contributed by atoms with Crippen LogP contribution in [0.15, 0.2) is 42.5 Å². The quantitative estimate of drug-likeness (QED) is 0.699. The summed E-state index contributed by atoms with van der Waals surface area (Å²) in [4.78, 5) is 11.0. The van der Waals surface area contributed by atoms with E-state index in [-0.39, 0.29) is 17.2 Å². The van der Waals surface area contributed by atoms with Crippen LogP contribution in [0.5, 0.6) is 5.75 Å². The van der Waals surface area contributed by atoms with Crippen molar-refractivity contribution in [3.8, 4) is 5.75 Å². The summed E-state index contributed by atoms with van der Waals surface area (Å²) in [5.74, 6) is 0.309. The van der Waals surface area contributed by atoms with E-state index in [0.29, 0.717) is 11.3 Å². The van der Waals surface area contributed by atoms with Crippen LogP contribution in [0.25, 0.3) is 0 Å². The van der Waals surface area contributed by atoms with Gasteiger partial charge in [0.1, 0.15) is 12.4 Å². The van der Waals surface area contributed by atoms with Crippen LogP contribution >= 0.6 is 23.2 Å². The molecule has 0 aliphatic rings. The number of halogens is 5. The lowest BCUT2D eigenvalue weighted by Crippen LogP contribution is -2.05. The van der Waals surface area contributed by atoms with E-state index in [1.807, 2.05) is 0 Å². The fraction of sp³-hybridized carbons (Fsp3) is 0.133. The first kappa shape index (κ1) is 16.6. The van der Waals surface area contributed by atoms with Gasteiger partial charge in [0.15, 0.2) is 0 Å². The summed E-state index contributed by atoms with van der Waals surface area (Å²) >= 11 is 11.3. The Bertz CT molecular complexity index is 682. The van der Waals surface area contributed by atoms with Gasteiger partial charge in [0.25, 0.3) is 5.24 Å². The zero-order valence-electron chi connectivity index (χ0n) is 11.0. The Morgan fingerprint density at radius 3 is 2.23 bits per heavy atom. The Balaban J connectivity index is 2.05. The lowest BCUT2D eigenvalue weighted by Gasteiger charge is -2.10. The molecule has 0 aliphatic heterocycles. The van der Waals surface area contributed by atoms with Crippen molar-refractivity contribution in [2.75, 3.05) is 0 Å². The maximum absolute atomic E-state index is 12.4. The molecule has 116 valence electrons. The van der Waals surface area contributed by atoms with E-state index in [4.69, 9.17) is 27.9 Å². The van der Waals surface area contributed by atoms with Gasteiger partial charge in [-0.25, -0.2) is 0 Å². The van der Waals surface area contributed by atoms with Gasteiger partial charge < -0.3 is 4.74 Å². The molecule has 0 fully saturated rings. The van der Waals surface area contributed by atoms with Gasteiger partial charge in [-0.15, -0.1) is 0 Å². The van der Waals surface area contributed by atoms with E-state index < -0.39 is 17.0 Å². The van der Waals surface area contributed by atoms with Crippen molar-refractivity contribution in [3.63, 3.8) is 0 Å². The summed E-state index contributed by atoms with van der Waals surface area (Å²) < 4.78 is 42.7. The minimum atomic E-state index is -4.37. The van der Waals surface area contributed by atoms with Crippen molar-refractivity contribution >= 4 is 28.4 Å². The summed E-state index contributed by atoms with van der Waals surface area (Å²) in [5, 5.41) is -0.449. The van der Waals surface area contributed by atoms with Crippen LogP contribution in [0.2, 0.25) is 5.02 Å². The van der Waals surface area contributed by atoms with Crippen LogP contribution in [0, 0.1) is 0 Å². The van der Waals surface area contributed by atoms with E-state index in [0.717, 1.165) is 12.1 Å². The summed E-state index contributed by atoms with van der Waals surface area (Å²) in [5.41, 5.74) is 0.0642. The fourth-order valence-corrected chi connectivity index (χ4v) is 2.04. The molecule has 2 rings (SSSR count). The number of hydrogen-bond acceptors (Lipinski definition) is 2. The van der Waals surface area contributed by atoms with Crippen molar-refractivity contribution in [1.29, 1.82) is 0 Å². The van der Waals surface area contributed by atoms with Gasteiger partial charge in [-0.3, -0.25) is 4.79 Å². The number of hydrogen-bond donors (Lipinski definition) is 0. The molecule has 2 aromatic carbocycles. The predicted molar refractivity (Wildman–Crippen MR) is 77.4 cm³/mol. The largest absolute Gasteiger partial charge is 0.487 e. The first-order valence-electron chi connectivity index (χ1n) is 6.05. The maximum Gasteiger partial charge on any atom is 0.416 e. The van der Waals surface area contributed by atoms with Crippen LogP contribution in [-0.4, -0.2) is 5.24 Å². The topological polar surface area (TPSA) is 26.3 Å². The summed E-state index contributed by atoms with van der Waals surface area (Å²) in [7, 11) is 0. The standard InChI is InChI=1S/C15H9Cl2F3O2/c16-12-7-10(14(17)21)3-6-13(12)22-8-9-1-4-11(5-2-9)15(18,19)20/h1-7H,8H2. The van der Waals surface area contributed by atoms with Crippen molar-refractivity contribution < 1.29 is 22.7 Å². The second kappa shape index (κ2) is 6.58. The maximum atomic E-state index is 12.4. The van der Waals surface area contributed by atoms with Crippen LogP contribution < -0.4 is 4.74 Å². The van der Waals surface area contributed by atoms with Gasteiger partial charge in [0, 0.05) is 5.56 Å². The predicted octanol–water partition coefficient (Wildman–Crippen LogP) is 5.32. The molecule has 7 heteroatoms. The minimum absolute atomic E-state index is 0.0476. The lowest BCUT2D eigenvalue weighted by atomic mass is 10.1. The zero-order valence-corrected chi connectivity index (χ0v) is 12.5. The Morgan fingerprint density at radius 2 is 1.73 bits per heavy atom. The third kappa shape index (κ3) is 4.15. The molecule has 0 radical (unpaired) electrons. The Morgan fingerprint density at radius 1 is 1.09 bits per heavy atom. The molecule has 0 saturated heterocycles. The van der Waals surface area contributed by atoms with Crippen molar-refractivity contribution in [1.82, 2.24) is 0 Å². The van der Waals surface area contributed by atoms with Gasteiger partial charge in [-0.1, -0.05) is 23.7 Å². The first-order chi connectivity index (χ1) is 10.3. The van der Waals surface area contributed by atoms with Crippen molar-refractivity contribution in [2.45, 2.75) is 12.8 Å². The second-order valence-corrected chi connectivity index (χ2v) is 5.15. The molecular weight excluding hydrogens is 340 g/mol. The Kier molecular flexibility index (Phi) is 4.98. The van der Waals surface area contributed by atoms with Crippen molar-refractivity contribution in [3.05, 3.63) is 64.2 Å². The van der Waals surface area contributed by atoms with Crippen LogP contribution in [-0.2, 0) is 12.8 Å². The fourth-order valence-electron chi connectivity index (χ4n) is 1.69. The molecule has 22 heavy (non-hydrogen) atoms. The summed E-state index contributed by atoms with van der Waals surface area (Å²) in [6.07, 6.45) is -4.37. The smallest absolute Gasteiger partial charge is 0.416 e. The van der Waals surface area contributed by atoms with E-state index in [1.165, 1.54) is 30.3 Å². The molecule has 0 aliphatic carbocycles. The SMILES string of the molecule is O=C(Cl)c1ccc(OCc2ccc(C(F)(F)F)cc2)c(Cl)c1. The third-order valence-electron chi connectivity index (χ3n) is 2.83. The summed E-state index contributed by atoms with van der Waals surface area (Å²) in [6.45, 7) is 0.0476. The van der Waals surface area contributed by atoms with Gasteiger partial charge in [-0.05, 0) is 47.5 Å². The van der Waals surface area contributed by atoms with E-state index in [2.05, 4.69) is 0 Å². The average Bonchev–Trinajstić information content (AvgIpc) is 2.45. The highest BCUT2D eigenvalue weighted by Crippen LogP contribution is 2.30. The number of ether oxygens (including phenoxy) is 1. The molecule has 2 nitrogen and oxygen atoms in total. The number of rotatable bonds is 4. The number of carbonyl (C=O) groups excluding carboxylic acids is 1. The molecular formula is C15H9Cl2F3O2. The molecule has 2 aromatic rings. The van der Waals surface area contributed by atoms with Crippen LogP contribution in [0.3, 0.4) is 0 Å². The normalized spacial score (nSPS) is 11.3. The first-order valence-corrected chi connectivity index (χ1v) is 6.81. The summed E-state index contributed by atoms with van der Waals surface area (Å²) in [6, 6.07) is 8.90. The number of alkyl halides is 3. The molecule has 0 amide bonds. The highest BCUT2D eigenvalue weighted by molar-refractivity contribution is 6.67. The zero-order chi connectivity index (χ0) is 16.3. The minimum Gasteiger partial charge on any atom is -0.487 e. The molecule has 0 atom stereocenters. The van der Waals surface area contributed by atoms with Crippen LogP contribution in [0.4, 0.5) is 13.2 Å². The molecule has 0 aromatic heterocycles. The highest BCUT2D eigenvalue weighted by Gasteiger charge is 2.29. The number of benzene rings is 2. The number of carbonyl (C=O) groups is 1. The monoisotopic (exact) mass is 348 g/mol. The van der Waals surface area contributed by atoms with E-state index in [1.54, 1.807) is 0 Å². The van der Waals surface area contributed by atoms with Gasteiger partial charge in [0.2, 0.25) is 0 Å². The molecule has 0 heterocycles.